The fourth-order valence-electron chi connectivity index (χ4n) is 3.17. The molecule has 162 valence electrons. The Hall–Kier alpha value is -4.21. The molecule has 1 aromatic heterocycles. The summed E-state index contributed by atoms with van der Waals surface area (Å²) < 4.78 is 37.8. The zero-order valence-corrected chi connectivity index (χ0v) is 16.3. The Balaban J connectivity index is 1.47. The number of benzene rings is 2. The van der Waals surface area contributed by atoms with Crippen LogP contribution in [0.2, 0.25) is 0 Å². The molecular weight excluding hydrogens is 425 g/mol. The van der Waals surface area contributed by atoms with Gasteiger partial charge in [-0.3, -0.25) is 24.3 Å². The molecule has 1 aliphatic rings. The van der Waals surface area contributed by atoms with Crippen LogP contribution < -0.4 is 15.5 Å². The normalized spacial score (nSPS) is 13.2. The van der Waals surface area contributed by atoms with Crippen molar-refractivity contribution in [1.29, 1.82) is 0 Å². The van der Waals surface area contributed by atoms with Gasteiger partial charge >= 0.3 is 6.18 Å². The number of anilines is 3. The molecule has 0 saturated heterocycles. The van der Waals surface area contributed by atoms with Crippen molar-refractivity contribution in [3.8, 4) is 0 Å². The summed E-state index contributed by atoms with van der Waals surface area (Å²) in [6.45, 7) is -0.130. The van der Waals surface area contributed by atoms with Crippen molar-refractivity contribution in [1.82, 2.24) is 4.98 Å². The van der Waals surface area contributed by atoms with Gasteiger partial charge in [-0.05, 0) is 48.5 Å². The van der Waals surface area contributed by atoms with E-state index >= 15 is 0 Å². The molecular formula is C22H15F3N4O3. The Bertz CT molecular complexity index is 1190. The average Bonchev–Trinajstić information content (AvgIpc) is 2.78. The van der Waals surface area contributed by atoms with Gasteiger partial charge in [0.2, 0.25) is 5.91 Å². The van der Waals surface area contributed by atoms with E-state index in [1.54, 1.807) is 24.3 Å². The minimum Gasteiger partial charge on any atom is -0.323 e. The molecule has 0 atom stereocenters. The van der Waals surface area contributed by atoms with E-state index in [4.69, 9.17) is 0 Å². The highest BCUT2D eigenvalue weighted by Gasteiger charge is 2.32. The first-order chi connectivity index (χ1) is 15.2. The van der Waals surface area contributed by atoms with Gasteiger partial charge in [-0.1, -0.05) is 12.1 Å². The number of fused-ring (bicyclic) bond motifs is 1. The summed E-state index contributed by atoms with van der Waals surface area (Å²) in [5.74, 6) is -1.35. The second-order valence-electron chi connectivity index (χ2n) is 6.92. The van der Waals surface area contributed by atoms with Crippen molar-refractivity contribution >= 4 is 34.8 Å². The molecule has 0 spiro atoms. The molecule has 0 radical (unpaired) electrons. The van der Waals surface area contributed by atoms with E-state index in [2.05, 4.69) is 15.6 Å². The van der Waals surface area contributed by atoms with E-state index in [1.165, 1.54) is 29.2 Å². The first-order valence-electron chi connectivity index (χ1n) is 9.38. The number of hydrogen-bond donors (Lipinski definition) is 2. The third-order valence-corrected chi connectivity index (χ3v) is 4.72. The first-order valence-corrected chi connectivity index (χ1v) is 9.38. The maximum absolute atomic E-state index is 12.9. The van der Waals surface area contributed by atoms with Crippen molar-refractivity contribution < 1.29 is 27.6 Å². The Morgan fingerprint density at radius 3 is 2.31 bits per heavy atom. The van der Waals surface area contributed by atoms with Crippen LogP contribution in [-0.4, -0.2) is 29.3 Å². The van der Waals surface area contributed by atoms with E-state index in [-0.39, 0.29) is 18.0 Å². The number of aromatic nitrogens is 1. The fourth-order valence-corrected chi connectivity index (χ4v) is 3.17. The van der Waals surface area contributed by atoms with Crippen molar-refractivity contribution in [2.45, 2.75) is 6.18 Å². The number of alkyl halides is 3. The number of carbonyl (C=O) groups excluding carboxylic acids is 3. The number of hydrogen-bond acceptors (Lipinski definition) is 4. The molecule has 3 amide bonds. The van der Waals surface area contributed by atoms with E-state index < -0.39 is 23.7 Å². The van der Waals surface area contributed by atoms with Gasteiger partial charge in [0, 0.05) is 17.4 Å². The number of nitrogens with zero attached hydrogens (tertiary/aromatic N) is 2. The molecule has 1 aliphatic heterocycles. The molecule has 0 aliphatic carbocycles. The number of para-hydroxylation sites is 2. The zero-order valence-electron chi connectivity index (χ0n) is 16.3. The van der Waals surface area contributed by atoms with E-state index in [1.807, 2.05) is 0 Å². The summed E-state index contributed by atoms with van der Waals surface area (Å²) >= 11 is 0. The SMILES string of the molecule is O=C1CN(C(=O)c2ccc(NC(=O)c3ccc(C(F)(F)F)nc3)cc2)c2ccccc2N1. The monoisotopic (exact) mass is 440 g/mol. The van der Waals surface area contributed by atoms with Crippen LogP contribution in [0, 0.1) is 0 Å². The number of rotatable bonds is 3. The summed E-state index contributed by atoms with van der Waals surface area (Å²) in [4.78, 5) is 41.7. The number of nitrogens with one attached hydrogen (secondary N) is 2. The first kappa shape index (κ1) is 21.0. The average molecular weight is 440 g/mol. The fraction of sp³-hybridized carbons (Fsp3) is 0.0909. The minimum absolute atomic E-state index is 0.0471. The lowest BCUT2D eigenvalue weighted by Gasteiger charge is -2.29. The van der Waals surface area contributed by atoms with Gasteiger partial charge in [0.15, 0.2) is 0 Å². The molecule has 2 aromatic carbocycles. The third kappa shape index (κ3) is 4.29. The maximum atomic E-state index is 12.9. The van der Waals surface area contributed by atoms with Crippen molar-refractivity contribution in [3.63, 3.8) is 0 Å². The van der Waals surface area contributed by atoms with E-state index in [0.29, 0.717) is 22.6 Å². The van der Waals surface area contributed by atoms with Gasteiger partial charge in [0.25, 0.3) is 11.8 Å². The Morgan fingerprint density at radius 1 is 0.969 bits per heavy atom. The highest BCUT2D eigenvalue weighted by atomic mass is 19.4. The van der Waals surface area contributed by atoms with Gasteiger partial charge in [-0.2, -0.15) is 13.2 Å². The molecule has 2 N–H and O–H groups in total. The lowest BCUT2D eigenvalue weighted by Crippen LogP contribution is -2.42. The predicted molar refractivity (Wildman–Crippen MR) is 110 cm³/mol. The Kier molecular flexibility index (Phi) is 5.35. The van der Waals surface area contributed by atoms with Crippen molar-refractivity contribution in [3.05, 3.63) is 83.7 Å². The molecule has 3 aromatic rings. The largest absolute Gasteiger partial charge is 0.433 e. The predicted octanol–water partition coefficient (Wildman–Crippen LogP) is 3.95. The van der Waals surface area contributed by atoms with Gasteiger partial charge in [0.1, 0.15) is 12.2 Å². The van der Waals surface area contributed by atoms with Crippen LogP contribution >= 0.6 is 0 Å². The van der Waals surface area contributed by atoms with E-state index in [9.17, 15) is 27.6 Å². The van der Waals surface area contributed by atoms with E-state index in [0.717, 1.165) is 18.3 Å². The molecule has 7 nitrogen and oxygen atoms in total. The minimum atomic E-state index is -4.59. The highest BCUT2D eigenvalue weighted by molar-refractivity contribution is 6.15. The summed E-state index contributed by atoms with van der Waals surface area (Å²) in [5.41, 5.74) is 0.598. The smallest absolute Gasteiger partial charge is 0.323 e. The molecule has 32 heavy (non-hydrogen) atoms. The lowest BCUT2D eigenvalue weighted by molar-refractivity contribution is -0.141. The molecule has 2 heterocycles. The third-order valence-electron chi connectivity index (χ3n) is 4.72. The van der Waals surface area contributed by atoms with Crippen LogP contribution in [0.15, 0.2) is 66.9 Å². The highest BCUT2D eigenvalue weighted by Crippen LogP contribution is 2.30. The summed E-state index contributed by atoms with van der Waals surface area (Å²) in [6, 6.07) is 14.6. The number of halogens is 3. The van der Waals surface area contributed by atoms with Crippen molar-refractivity contribution in [2.75, 3.05) is 22.1 Å². The Morgan fingerprint density at radius 2 is 1.66 bits per heavy atom. The molecule has 0 unspecified atom stereocenters. The van der Waals surface area contributed by atoms with Gasteiger partial charge in [0.05, 0.1) is 16.9 Å². The van der Waals surface area contributed by atoms with Gasteiger partial charge in [-0.15, -0.1) is 0 Å². The van der Waals surface area contributed by atoms with Crippen LogP contribution in [0.4, 0.5) is 30.2 Å². The topological polar surface area (TPSA) is 91.4 Å². The van der Waals surface area contributed by atoms with Crippen LogP contribution in [0.25, 0.3) is 0 Å². The lowest BCUT2D eigenvalue weighted by atomic mass is 10.1. The summed E-state index contributed by atoms with van der Waals surface area (Å²) in [5, 5.41) is 5.24. The van der Waals surface area contributed by atoms with Gasteiger partial charge in [-0.25, -0.2) is 0 Å². The molecule has 0 saturated carbocycles. The summed E-state index contributed by atoms with van der Waals surface area (Å²) in [7, 11) is 0. The quantitative estimate of drug-likeness (QED) is 0.645. The molecule has 4 rings (SSSR count). The number of pyridine rings is 1. The molecule has 10 heteroatoms. The second-order valence-corrected chi connectivity index (χ2v) is 6.92. The maximum Gasteiger partial charge on any atom is 0.433 e. The van der Waals surface area contributed by atoms with Crippen LogP contribution in [0.5, 0.6) is 0 Å². The second kappa shape index (κ2) is 8.14. The van der Waals surface area contributed by atoms with Crippen molar-refractivity contribution in [2.24, 2.45) is 0 Å². The molecule has 0 fully saturated rings. The number of carbonyl (C=O) groups is 3. The zero-order chi connectivity index (χ0) is 22.9. The number of amides is 3. The van der Waals surface area contributed by atoms with Gasteiger partial charge < -0.3 is 10.6 Å². The van der Waals surface area contributed by atoms with Crippen LogP contribution in [0.1, 0.15) is 26.4 Å². The van der Waals surface area contributed by atoms with Crippen LogP contribution in [0.3, 0.4) is 0 Å². The Labute approximate surface area is 179 Å². The standard InChI is InChI=1S/C22H15F3N4O3/c23-22(24,25)18-10-7-14(11-26-18)20(31)27-15-8-5-13(6-9-15)21(32)29-12-19(30)28-16-3-1-2-4-17(16)29/h1-11H,12H2,(H,27,31)(H,28,30). The van der Waals surface area contributed by atoms with Crippen LogP contribution in [-0.2, 0) is 11.0 Å². The summed E-state index contributed by atoms with van der Waals surface area (Å²) in [6.07, 6.45) is -3.75. The molecule has 0 bridgehead atoms.